The smallest absolute Gasteiger partial charge is 0.253 e. The van der Waals surface area contributed by atoms with Crippen LogP contribution >= 0.6 is 45.1 Å². The molecule has 1 saturated heterocycles. The lowest BCUT2D eigenvalue weighted by molar-refractivity contribution is -0.0162. The van der Waals surface area contributed by atoms with Crippen LogP contribution in [-0.4, -0.2) is 53.7 Å². The molecule has 0 radical (unpaired) electrons. The Labute approximate surface area is 216 Å². The first kappa shape index (κ1) is 24.4. The number of rotatable bonds is 6. The number of carbonyl (C=O) groups is 1. The first-order valence-corrected chi connectivity index (χ1v) is 14.5. The molecule has 2 aromatic carbocycles. The Morgan fingerprint density at radius 3 is 2.57 bits per heavy atom. The fourth-order valence-corrected chi connectivity index (χ4v) is 7.24. The number of aromatic nitrogens is 2. The predicted octanol–water partition coefficient (Wildman–Crippen LogP) is 5.75. The third-order valence-corrected chi connectivity index (χ3v) is 9.44. The van der Waals surface area contributed by atoms with Crippen LogP contribution in [0.4, 0.5) is 5.69 Å². The molecule has 4 aromatic rings. The number of hydrogen-bond donors (Lipinski definition) is 4. The van der Waals surface area contributed by atoms with Crippen LogP contribution in [0.25, 0.3) is 10.2 Å². The van der Waals surface area contributed by atoms with Gasteiger partial charge in [-0.3, -0.25) is 18.6 Å². The Morgan fingerprint density at radius 1 is 1.14 bits per heavy atom. The molecule has 0 spiro atoms. The molecule has 4 N–H and O–H groups in total. The molecule has 0 unspecified atom stereocenters. The zero-order valence-corrected chi connectivity index (χ0v) is 21.6. The monoisotopic (exact) mass is 550 g/mol. The molecule has 3 heterocycles. The van der Waals surface area contributed by atoms with Gasteiger partial charge in [0.05, 0.1) is 26.5 Å². The fraction of sp³-hybridized carbons (Fsp3) is 0.261. The number of benzene rings is 2. The maximum absolute atomic E-state index is 13.0. The maximum Gasteiger partial charge on any atom is 0.253 e. The molecule has 5 rings (SSSR count). The van der Waals surface area contributed by atoms with Crippen LogP contribution in [0.1, 0.15) is 28.2 Å². The molecule has 0 saturated carbocycles. The number of piperidine rings is 1. The van der Waals surface area contributed by atoms with Gasteiger partial charge in [0.15, 0.2) is 0 Å². The van der Waals surface area contributed by atoms with E-state index in [0.29, 0.717) is 59.2 Å². The van der Waals surface area contributed by atoms with Crippen molar-refractivity contribution in [2.24, 2.45) is 0 Å². The van der Waals surface area contributed by atoms with Crippen molar-refractivity contribution in [1.29, 1.82) is 0 Å². The molecular weight excluding hydrogens is 528 g/mol. The molecule has 0 atom stereocenters. The number of thiazole rings is 2. The van der Waals surface area contributed by atoms with Crippen LogP contribution in [-0.2, 0) is 6.42 Å². The van der Waals surface area contributed by atoms with Crippen molar-refractivity contribution < 1.29 is 19.0 Å². The summed E-state index contributed by atoms with van der Waals surface area (Å²) in [5.74, 6) is -0.130. The second-order valence-corrected chi connectivity index (χ2v) is 12.4. The largest absolute Gasteiger partial charge is 0.389 e. The van der Waals surface area contributed by atoms with E-state index in [1.54, 1.807) is 52.2 Å². The number of amides is 1. The summed E-state index contributed by atoms with van der Waals surface area (Å²) in [6, 6.07) is 11.9. The average molecular weight is 551 g/mol. The number of carbonyl (C=O) groups excluding carboxylic acids is 1. The summed E-state index contributed by atoms with van der Waals surface area (Å²) in [5, 5.41) is 13.9. The van der Waals surface area contributed by atoms with Gasteiger partial charge in [-0.15, -0.1) is 22.7 Å². The van der Waals surface area contributed by atoms with E-state index >= 15 is 0 Å². The van der Waals surface area contributed by atoms with E-state index in [4.69, 9.17) is 11.6 Å². The highest BCUT2D eigenvalue weighted by molar-refractivity contribution is 8.25. The van der Waals surface area contributed by atoms with Gasteiger partial charge in [0.2, 0.25) is 0 Å². The van der Waals surface area contributed by atoms with Crippen molar-refractivity contribution in [1.82, 2.24) is 14.9 Å². The van der Waals surface area contributed by atoms with Crippen LogP contribution in [0.2, 0.25) is 5.15 Å². The molecule has 1 aliphatic heterocycles. The van der Waals surface area contributed by atoms with Crippen LogP contribution in [0.5, 0.6) is 0 Å². The molecule has 0 bridgehead atoms. The minimum absolute atomic E-state index is 0.130. The van der Waals surface area contributed by atoms with Crippen LogP contribution in [0, 0.1) is 0 Å². The summed E-state index contributed by atoms with van der Waals surface area (Å²) in [6.45, 7) is 0.874. The first-order chi connectivity index (χ1) is 16.7. The van der Waals surface area contributed by atoms with Crippen LogP contribution in [0.15, 0.2) is 58.3 Å². The molecule has 1 fully saturated rings. The normalized spacial score (nSPS) is 16.4. The van der Waals surface area contributed by atoms with Crippen LogP contribution in [0.3, 0.4) is 0 Å². The molecule has 12 heteroatoms. The van der Waals surface area contributed by atoms with Crippen molar-refractivity contribution in [2.75, 3.05) is 17.8 Å². The number of nitrogens with zero attached hydrogens (tertiary/aromatic N) is 3. The third-order valence-electron chi connectivity index (χ3n) is 6.01. The highest BCUT2D eigenvalue weighted by Crippen LogP contribution is 2.50. The van der Waals surface area contributed by atoms with Crippen molar-refractivity contribution in [3.63, 3.8) is 0 Å². The Balaban J connectivity index is 1.22. The zero-order chi connectivity index (χ0) is 24.6. The lowest BCUT2D eigenvalue weighted by Crippen LogP contribution is -2.47. The summed E-state index contributed by atoms with van der Waals surface area (Å²) in [6.07, 6.45) is 1.34. The van der Waals surface area contributed by atoms with E-state index < -0.39 is 16.4 Å². The molecule has 2 aromatic heterocycles. The minimum atomic E-state index is -3.34. The van der Waals surface area contributed by atoms with E-state index in [1.807, 2.05) is 6.07 Å². The highest BCUT2D eigenvalue weighted by Gasteiger charge is 2.35. The van der Waals surface area contributed by atoms with Gasteiger partial charge in [-0.25, -0.2) is 9.97 Å². The van der Waals surface area contributed by atoms with Gasteiger partial charge in [-0.1, -0.05) is 28.4 Å². The molecular formula is C23H23ClN4O4S3. The predicted molar refractivity (Wildman–Crippen MR) is 142 cm³/mol. The van der Waals surface area contributed by atoms with Crippen molar-refractivity contribution in [3.05, 3.63) is 69.1 Å². The molecule has 184 valence electrons. The van der Waals surface area contributed by atoms with Gasteiger partial charge in [-0.2, -0.15) is 0 Å². The second kappa shape index (κ2) is 9.66. The summed E-state index contributed by atoms with van der Waals surface area (Å²) in [4.78, 5) is 23.5. The van der Waals surface area contributed by atoms with E-state index in [2.05, 4.69) is 14.7 Å². The fourth-order valence-electron chi connectivity index (χ4n) is 4.13. The summed E-state index contributed by atoms with van der Waals surface area (Å²) in [5.41, 5.74) is 2.29. The number of likely N-dealkylation sites (tertiary alicyclic amines) is 1. The number of halogens is 1. The minimum Gasteiger partial charge on any atom is -0.389 e. The number of anilines is 1. The van der Waals surface area contributed by atoms with E-state index in [0.717, 1.165) is 9.71 Å². The zero-order valence-electron chi connectivity index (χ0n) is 18.4. The van der Waals surface area contributed by atoms with E-state index in [1.165, 1.54) is 22.7 Å². The number of nitrogens with one attached hydrogen (secondary N) is 1. The lowest BCUT2D eigenvalue weighted by Gasteiger charge is -2.38. The number of hydrogen-bond acceptors (Lipinski definition) is 9. The van der Waals surface area contributed by atoms with Gasteiger partial charge in [0.25, 0.3) is 5.91 Å². The summed E-state index contributed by atoms with van der Waals surface area (Å²) >= 11 is 8.74. The second-order valence-electron chi connectivity index (χ2n) is 8.44. The van der Waals surface area contributed by atoms with Gasteiger partial charge in [0.1, 0.15) is 15.6 Å². The molecule has 0 aliphatic carbocycles. The molecule has 35 heavy (non-hydrogen) atoms. The third kappa shape index (κ3) is 5.31. The van der Waals surface area contributed by atoms with Crippen molar-refractivity contribution in [2.45, 2.75) is 29.8 Å². The lowest BCUT2D eigenvalue weighted by atomic mass is 9.88. The molecule has 1 aliphatic rings. The Kier molecular flexibility index (Phi) is 6.75. The number of aliphatic hydroxyl groups is 1. The Hall–Kier alpha value is -2.25. The number of fused-ring (bicyclic) bond motifs is 1. The quantitative estimate of drug-likeness (QED) is 0.241. The van der Waals surface area contributed by atoms with Crippen molar-refractivity contribution >= 4 is 66.9 Å². The Morgan fingerprint density at radius 2 is 1.89 bits per heavy atom. The summed E-state index contributed by atoms with van der Waals surface area (Å²) in [7, 11) is -3.34. The van der Waals surface area contributed by atoms with Gasteiger partial charge in [0, 0.05) is 30.5 Å². The van der Waals surface area contributed by atoms with Gasteiger partial charge in [-0.05, 0) is 49.2 Å². The SMILES string of the molecule is O=C(c1ccc(NS(O)(O)c2cccc3scnc23)cc1)N1CCC(O)(Cc2nc(Cl)cs2)CC1. The van der Waals surface area contributed by atoms with Crippen molar-refractivity contribution in [3.8, 4) is 0 Å². The Bertz CT molecular complexity index is 1350. The van der Waals surface area contributed by atoms with Crippen LogP contribution < -0.4 is 4.72 Å². The number of para-hydroxylation sites is 1. The van der Waals surface area contributed by atoms with E-state index in [-0.39, 0.29) is 5.91 Å². The molecule has 8 nitrogen and oxygen atoms in total. The average Bonchev–Trinajstić information content (AvgIpc) is 3.47. The maximum atomic E-state index is 13.0. The highest BCUT2D eigenvalue weighted by atomic mass is 35.5. The standard InChI is InChI=1S/C23H23ClN4O4S3/c24-19-13-33-20(26-19)12-23(30)8-10-28(11-9-23)22(29)15-4-6-16(7-5-15)27-35(31,32)18-3-1-2-17-21(18)25-14-34-17/h1-7,13-14,27,30-32H,8-12H2. The molecule has 1 amide bonds. The van der Waals surface area contributed by atoms with E-state index in [9.17, 15) is 19.0 Å². The first-order valence-electron chi connectivity index (χ1n) is 10.8. The summed E-state index contributed by atoms with van der Waals surface area (Å²) < 4.78 is 25.2. The van der Waals surface area contributed by atoms with Gasteiger partial charge < -0.3 is 10.0 Å². The van der Waals surface area contributed by atoms with Gasteiger partial charge >= 0.3 is 0 Å². The topological polar surface area (TPSA) is 119 Å².